The van der Waals surface area contributed by atoms with Crippen molar-refractivity contribution in [2.75, 3.05) is 0 Å². The molecule has 0 saturated carbocycles. The number of rotatable bonds is 1. The van der Waals surface area contributed by atoms with Gasteiger partial charge in [-0.25, -0.2) is 4.79 Å². The zero-order valence-corrected chi connectivity index (χ0v) is 10.3. The van der Waals surface area contributed by atoms with Crippen LogP contribution in [0.1, 0.15) is 15.9 Å². The molecule has 1 aromatic heterocycles. The minimum Gasteiger partial charge on any atom is -0.478 e. The number of carboxylic acid groups (broad SMARTS) is 1. The van der Waals surface area contributed by atoms with Crippen molar-refractivity contribution in [3.8, 4) is 0 Å². The van der Waals surface area contributed by atoms with Crippen LogP contribution in [0.25, 0.3) is 10.1 Å². The molecule has 2 rings (SSSR count). The zero-order valence-electron chi connectivity index (χ0n) is 7.37. The fourth-order valence-corrected chi connectivity index (χ4v) is 3.25. The van der Waals surface area contributed by atoms with Crippen LogP contribution in [0, 0.1) is 9.81 Å². The van der Waals surface area contributed by atoms with E-state index in [1.54, 1.807) is 23.5 Å². The van der Waals surface area contributed by atoms with Crippen molar-refractivity contribution in [1.82, 2.24) is 0 Å². The predicted molar refractivity (Wildman–Crippen MR) is 66.2 cm³/mol. The highest BCUT2D eigenvalue weighted by Gasteiger charge is 2.08. The lowest BCUT2D eigenvalue weighted by Gasteiger charge is -1.98. The van der Waals surface area contributed by atoms with Crippen LogP contribution in [-0.4, -0.2) is 11.1 Å². The first-order chi connectivity index (χ1) is 6.58. The number of hydrogen-bond donors (Lipinski definition) is 1. The standard InChI is InChI=1S/C10H7IO2S/c1-5-2-7(10(12)13)3-6-4-8(11)14-9(5)6/h2-4H,1H3,(H,12,13). The molecule has 0 bridgehead atoms. The second-order valence-electron chi connectivity index (χ2n) is 3.07. The van der Waals surface area contributed by atoms with Crippen molar-refractivity contribution in [3.05, 3.63) is 32.2 Å². The van der Waals surface area contributed by atoms with Gasteiger partial charge >= 0.3 is 5.97 Å². The summed E-state index contributed by atoms with van der Waals surface area (Å²) >= 11 is 3.94. The Balaban J connectivity index is 2.77. The number of aryl methyl sites for hydroxylation is 1. The maximum absolute atomic E-state index is 10.8. The maximum Gasteiger partial charge on any atom is 0.335 e. The zero-order chi connectivity index (χ0) is 10.3. The number of thiophene rings is 1. The van der Waals surface area contributed by atoms with E-state index in [2.05, 4.69) is 22.6 Å². The quantitative estimate of drug-likeness (QED) is 0.817. The fraction of sp³-hybridized carbons (Fsp3) is 0.100. The summed E-state index contributed by atoms with van der Waals surface area (Å²) in [6, 6.07) is 5.46. The van der Waals surface area contributed by atoms with Gasteiger partial charge in [0.25, 0.3) is 0 Å². The van der Waals surface area contributed by atoms with Gasteiger partial charge < -0.3 is 5.11 Å². The molecule has 14 heavy (non-hydrogen) atoms. The monoisotopic (exact) mass is 318 g/mol. The first-order valence-corrected chi connectivity index (χ1v) is 5.90. The van der Waals surface area contributed by atoms with E-state index in [9.17, 15) is 4.79 Å². The summed E-state index contributed by atoms with van der Waals surface area (Å²) in [7, 11) is 0. The van der Waals surface area contributed by atoms with E-state index in [-0.39, 0.29) is 0 Å². The number of hydrogen-bond acceptors (Lipinski definition) is 2. The third-order valence-corrected chi connectivity index (χ3v) is 4.07. The van der Waals surface area contributed by atoms with Gasteiger partial charge in [0.05, 0.1) is 8.45 Å². The molecular weight excluding hydrogens is 311 g/mol. The number of halogens is 1. The summed E-state index contributed by atoms with van der Waals surface area (Å²) in [6.07, 6.45) is 0. The number of benzene rings is 1. The Hall–Kier alpha value is -0.620. The fourth-order valence-electron chi connectivity index (χ4n) is 1.42. The van der Waals surface area contributed by atoms with Crippen molar-refractivity contribution in [2.45, 2.75) is 6.92 Å². The maximum atomic E-state index is 10.8. The van der Waals surface area contributed by atoms with Crippen molar-refractivity contribution in [1.29, 1.82) is 0 Å². The second-order valence-corrected chi connectivity index (χ2v) is 6.01. The molecule has 0 aliphatic carbocycles. The van der Waals surface area contributed by atoms with Crippen LogP contribution >= 0.6 is 33.9 Å². The molecule has 0 fully saturated rings. The Kier molecular flexibility index (Phi) is 2.48. The highest BCUT2D eigenvalue weighted by molar-refractivity contribution is 14.1. The van der Waals surface area contributed by atoms with E-state index < -0.39 is 5.97 Å². The molecule has 72 valence electrons. The lowest BCUT2D eigenvalue weighted by Crippen LogP contribution is -1.95. The van der Waals surface area contributed by atoms with Crippen molar-refractivity contribution < 1.29 is 9.90 Å². The third kappa shape index (κ3) is 1.64. The Morgan fingerprint density at radius 2 is 2.14 bits per heavy atom. The summed E-state index contributed by atoms with van der Waals surface area (Å²) in [5.41, 5.74) is 1.40. The molecule has 2 aromatic rings. The normalized spacial score (nSPS) is 10.7. The number of carbonyl (C=O) groups is 1. The lowest BCUT2D eigenvalue weighted by atomic mass is 10.1. The summed E-state index contributed by atoms with van der Waals surface area (Å²) in [6.45, 7) is 1.95. The third-order valence-electron chi connectivity index (χ3n) is 2.02. The molecule has 1 heterocycles. The van der Waals surface area contributed by atoms with Gasteiger partial charge in [0.2, 0.25) is 0 Å². The smallest absolute Gasteiger partial charge is 0.335 e. The van der Waals surface area contributed by atoms with Gasteiger partial charge in [-0.15, -0.1) is 11.3 Å². The van der Waals surface area contributed by atoms with E-state index in [1.807, 2.05) is 13.0 Å². The van der Waals surface area contributed by atoms with E-state index >= 15 is 0 Å². The van der Waals surface area contributed by atoms with Crippen LogP contribution in [0.15, 0.2) is 18.2 Å². The molecule has 0 radical (unpaired) electrons. The van der Waals surface area contributed by atoms with Gasteiger partial charge in [0.1, 0.15) is 0 Å². The largest absolute Gasteiger partial charge is 0.478 e. The molecule has 0 saturated heterocycles. The van der Waals surface area contributed by atoms with Gasteiger partial charge in [-0.05, 0) is 58.7 Å². The number of carboxylic acids is 1. The summed E-state index contributed by atoms with van der Waals surface area (Å²) in [4.78, 5) is 10.8. The Bertz CT molecular complexity index is 516. The van der Waals surface area contributed by atoms with Crippen LogP contribution in [0.2, 0.25) is 0 Å². The van der Waals surface area contributed by atoms with Gasteiger partial charge in [-0.2, -0.15) is 0 Å². The molecule has 0 spiro atoms. The van der Waals surface area contributed by atoms with Crippen LogP contribution < -0.4 is 0 Å². The molecule has 4 heteroatoms. The van der Waals surface area contributed by atoms with Crippen LogP contribution in [-0.2, 0) is 0 Å². The van der Waals surface area contributed by atoms with Gasteiger partial charge in [-0.3, -0.25) is 0 Å². The first kappa shape index (κ1) is 9.92. The SMILES string of the molecule is Cc1cc(C(=O)O)cc2cc(I)sc12. The predicted octanol–water partition coefficient (Wildman–Crippen LogP) is 3.51. The minimum absolute atomic E-state index is 0.365. The summed E-state index contributed by atoms with van der Waals surface area (Å²) in [5, 5.41) is 9.90. The lowest BCUT2D eigenvalue weighted by molar-refractivity contribution is 0.0697. The Morgan fingerprint density at radius 1 is 1.43 bits per heavy atom. The molecule has 2 nitrogen and oxygen atoms in total. The first-order valence-electron chi connectivity index (χ1n) is 4.01. The summed E-state index contributed by atoms with van der Waals surface area (Å²) in [5.74, 6) is -0.865. The van der Waals surface area contributed by atoms with E-state index in [4.69, 9.17) is 5.11 Å². The molecule has 0 unspecified atom stereocenters. The van der Waals surface area contributed by atoms with Crippen LogP contribution in [0.4, 0.5) is 0 Å². The molecule has 0 aliphatic rings. The number of aromatic carboxylic acids is 1. The molecular formula is C10H7IO2S. The average molecular weight is 318 g/mol. The molecule has 0 aliphatic heterocycles. The van der Waals surface area contributed by atoms with Crippen LogP contribution in [0.3, 0.4) is 0 Å². The van der Waals surface area contributed by atoms with E-state index in [0.717, 1.165) is 10.9 Å². The minimum atomic E-state index is -0.865. The highest BCUT2D eigenvalue weighted by atomic mass is 127. The summed E-state index contributed by atoms with van der Waals surface area (Å²) < 4.78 is 2.36. The van der Waals surface area contributed by atoms with E-state index in [0.29, 0.717) is 5.56 Å². The number of fused-ring (bicyclic) bond motifs is 1. The van der Waals surface area contributed by atoms with Gasteiger partial charge in [0, 0.05) is 4.70 Å². The molecule has 1 N–H and O–H groups in total. The highest BCUT2D eigenvalue weighted by Crippen LogP contribution is 2.30. The Morgan fingerprint density at radius 3 is 2.79 bits per heavy atom. The van der Waals surface area contributed by atoms with E-state index in [1.165, 1.54) is 7.58 Å². The topological polar surface area (TPSA) is 37.3 Å². The average Bonchev–Trinajstić information content (AvgIpc) is 2.45. The second kappa shape index (κ2) is 3.51. The van der Waals surface area contributed by atoms with Crippen molar-refractivity contribution in [3.63, 3.8) is 0 Å². The molecule has 0 atom stereocenters. The van der Waals surface area contributed by atoms with Crippen LogP contribution in [0.5, 0.6) is 0 Å². The van der Waals surface area contributed by atoms with Crippen molar-refractivity contribution >= 4 is 50.0 Å². The molecule has 1 aromatic carbocycles. The van der Waals surface area contributed by atoms with Crippen molar-refractivity contribution in [2.24, 2.45) is 0 Å². The molecule has 0 amide bonds. The Labute approximate surface area is 98.7 Å². The van der Waals surface area contributed by atoms with Gasteiger partial charge in [0.15, 0.2) is 0 Å². The van der Waals surface area contributed by atoms with Gasteiger partial charge in [-0.1, -0.05) is 0 Å².